The lowest BCUT2D eigenvalue weighted by molar-refractivity contribution is 0.388. The molecule has 0 saturated carbocycles. The number of benzene rings is 1. The van der Waals surface area contributed by atoms with Gasteiger partial charge < -0.3 is 14.5 Å². The van der Waals surface area contributed by atoms with Crippen LogP contribution in [0.25, 0.3) is 0 Å². The molecule has 1 heterocycles. The zero-order chi connectivity index (χ0) is 15.4. The molecular weight excluding hydrogens is 330 g/mol. The van der Waals surface area contributed by atoms with Crippen LogP contribution in [0.3, 0.4) is 0 Å². The van der Waals surface area contributed by atoms with Crippen LogP contribution >= 0.6 is 15.9 Å². The summed E-state index contributed by atoms with van der Waals surface area (Å²) in [7, 11) is 1.72. The van der Waals surface area contributed by atoms with Gasteiger partial charge in [-0.15, -0.1) is 0 Å². The van der Waals surface area contributed by atoms with Gasteiger partial charge in [-0.25, -0.2) is 0 Å². The van der Waals surface area contributed by atoms with Gasteiger partial charge in [-0.05, 0) is 56.1 Å². The highest BCUT2D eigenvalue weighted by Crippen LogP contribution is 2.39. The third-order valence-corrected chi connectivity index (χ3v) is 4.45. The zero-order valence-corrected chi connectivity index (χ0v) is 14.6. The first-order valence-electron chi connectivity index (χ1n) is 7.20. The Bertz CT molecular complexity index is 593. The van der Waals surface area contributed by atoms with Crippen LogP contribution < -0.4 is 10.1 Å². The third kappa shape index (κ3) is 3.33. The lowest BCUT2D eigenvalue weighted by Gasteiger charge is -2.23. The van der Waals surface area contributed by atoms with Gasteiger partial charge in [0.15, 0.2) is 0 Å². The van der Waals surface area contributed by atoms with Crippen LogP contribution in [0, 0.1) is 13.8 Å². The summed E-state index contributed by atoms with van der Waals surface area (Å²) in [5, 5.41) is 3.56. The Balaban J connectivity index is 2.58. The summed E-state index contributed by atoms with van der Waals surface area (Å²) in [6, 6.07) is 6.01. The van der Waals surface area contributed by atoms with Crippen molar-refractivity contribution in [3.8, 4) is 5.75 Å². The molecule has 1 N–H and O–H groups in total. The van der Waals surface area contributed by atoms with Crippen molar-refractivity contribution >= 4 is 15.9 Å². The maximum atomic E-state index is 5.67. The van der Waals surface area contributed by atoms with Crippen molar-refractivity contribution < 1.29 is 9.15 Å². The predicted octanol–water partition coefficient (Wildman–Crippen LogP) is 4.76. The maximum Gasteiger partial charge on any atom is 0.127 e. The molecule has 0 fully saturated rings. The molecule has 4 heteroatoms. The Morgan fingerprint density at radius 1 is 1.38 bits per heavy atom. The summed E-state index contributed by atoms with van der Waals surface area (Å²) < 4.78 is 12.4. The quantitative estimate of drug-likeness (QED) is 0.814. The zero-order valence-electron chi connectivity index (χ0n) is 13.0. The van der Waals surface area contributed by atoms with E-state index >= 15 is 0 Å². The van der Waals surface area contributed by atoms with Gasteiger partial charge in [0.2, 0.25) is 0 Å². The first kappa shape index (κ1) is 16.1. The number of nitrogens with one attached hydrogen (secondary N) is 1. The molecule has 3 nitrogen and oxygen atoms in total. The second-order valence-electron chi connectivity index (χ2n) is 5.15. The average molecular weight is 352 g/mol. The van der Waals surface area contributed by atoms with E-state index in [0.29, 0.717) is 0 Å². The van der Waals surface area contributed by atoms with Crippen molar-refractivity contribution in [2.45, 2.75) is 33.2 Å². The van der Waals surface area contributed by atoms with E-state index in [4.69, 9.17) is 9.15 Å². The summed E-state index contributed by atoms with van der Waals surface area (Å²) in [5.41, 5.74) is 3.41. The SMILES string of the molecule is CCCNC(c1ccco1)c1c(C)c(Br)cc(C)c1OC. The van der Waals surface area contributed by atoms with Crippen LogP contribution in [0.1, 0.15) is 41.8 Å². The summed E-state index contributed by atoms with van der Waals surface area (Å²) in [4.78, 5) is 0. The second kappa shape index (κ2) is 7.14. The van der Waals surface area contributed by atoms with Gasteiger partial charge in [-0.3, -0.25) is 0 Å². The van der Waals surface area contributed by atoms with Crippen LogP contribution in [-0.4, -0.2) is 13.7 Å². The Kier molecular flexibility index (Phi) is 5.48. The van der Waals surface area contributed by atoms with E-state index < -0.39 is 0 Å². The van der Waals surface area contributed by atoms with Crippen molar-refractivity contribution in [2.24, 2.45) is 0 Å². The topological polar surface area (TPSA) is 34.4 Å². The Morgan fingerprint density at radius 3 is 2.71 bits per heavy atom. The van der Waals surface area contributed by atoms with Gasteiger partial charge in [0.05, 0.1) is 19.4 Å². The minimum atomic E-state index is -0.00824. The number of hydrogen-bond acceptors (Lipinski definition) is 3. The number of ether oxygens (including phenoxy) is 1. The molecule has 0 amide bonds. The lowest BCUT2D eigenvalue weighted by Crippen LogP contribution is -2.24. The predicted molar refractivity (Wildman–Crippen MR) is 89.0 cm³/mol. The first-order valence-corrected chi connectivity index (χ1v) is 7.99. The van der Waals surface area contributed by atoms with Crippen molar-refractivity contribution in [1.29, 1.82) is 0 Å². The van der Waals surface area contributed by atoms with E-state index in [2.05, 4.69) is 48.1 Å². The smallest absolute Gasteiger partial charge is 0.127 e. The molecule has 0 aliphatic rings. The van der Waals surface area contributed by atoms with Crippen LogP contribution in [-0.2, 0) is 0 Å². The van der Waals surface area contributed by atoms with Crippen molar-refractivity contribution in [1.82, 2.24) is 5.32 Å². The van der Waals surface area contributed by atoms with E-state index in [1.165, 1.54) is 5.56 Å². The van der Waals surface area contributed by atoms with Crippen molar-refractivity contribution in [3.63, 3.8) is 0 Å². The van der Waals surface area contributed by atoms with E-state index in [9.17, 15) is 0 Å². The molecule has 1 aromatic heterocycles. The molecule has 1 unspecified atom stereocenters. The molecule has 0 radical (unpaired) electrons. The fourth-order valence-corrected chi connectivity index (χ4v) is 3.14. The number of rotatable bonds is 6. The molecular formula is C17H22BrNO2. The van der Waals surface area contributed by atoms with Crippen molar-refractivity contribution in [3.05, 3.63) is 51.4 Å². The molecule has 2 rings (SSSR count). The highest BCUT2D eigenvalue weighted by Gasteiger charge is 2.24. The number of methoxy groups -OCH3 is 1. The fourth-order valence-electron chi connectivity index (χ4n) is 2.58. The van der Waals surface area contributed by atoms with Gasteiger partial charge in [0.1, 0.15) is 11.5 Å². The minimum Gasteiger partial charge on any atom is -0.496 e. The Hall–Kier alpha value is -1.26. The Morgan fingerprint density at radius 2 is 2.14 bits per heavy atom. The molecule has 0 spiro atoms. The third-order valence-electron chi connectivity index (χ3n) is 3.63. The summed E-state index contributed by atoms with van der Waals surface area (Å²) in [5.74, 6) is 1.82. The highest BCUT2D eigenvalue weighted by atomic mass is 79.9. The standard InChI is InChI=1S/C17H22BrNO2/c1-5-8-19-16(14-7-6-9-21-14)15-12(3)13(18)10-11(2)17(15)20-4/h6-7,9-10,16,19H,5,8H2,1-4H3. The van der Waals surface area contributed by atoms with Gasteiger partial charge in [-0.1, -0.05) is 22.9 Å². The molecule has 0 aliphatic carbocycles. The monoisotopic (exact) mass is 351 g/mol. The van der Waals surface area contributed by atoms with Crippen LogP contribution in [0.2, 0.25) is 0 Å². The lowest BCUT2D eigenvalue weighted by atomic mass is 9.95. The molecule has 114 valence electrons. The summed E-state index contributed by atoms with van der Waals surface area (Å²) in [6.07, 6.45) is 2.77. The van der Waals surface area contributed by atoms with E-state index in [1.54, 1.807) is 13.4 Å². The maximum absolute atomic E-state index is 5.67. The minimum absolute atomic E-state index is 0.00824. The molecule has 2 aromatic rings. The van der Waals surface area contributed by atoms with Gasteiger partial charge in [0.25, 0.3) is 0 Å². The number of halogens is 1. The average Bonchev–Trinajstić information content (AvgIpc) is 2.98. The number of furan rings is 1. The summed E-state index contributed by atoms with van der Waals surface area (Å²) in [6.45, 7) is 7.23. The molecule has 1 aromatic carbocycles. The number of hydrogen-bond donors (Lipinski definition) is 1. The molecule has 21 heavy (non-hydrogen) atoms. The van der Waals surface area contributed by atoms with Gasteiger partial charge in [-0.2, -0.15) is 0 Å². The first-order chi connectivity index (χ1) is 10.1. The van der Waals surface area contributed by atoms with Crippen LogP contribution in [0.15, 0.2) is 33.4 Å². The summed E-state index contributed by atoms with van der Waals surface area (Å²) >= 11 is 3.65. The van der Waals surface area contributed by atoms with Gasteiger partial charge >= 0.3 is 0 Å². The fraction of sp³-hybridized carbons (Fsp3) is 0.412. The van der Waals surface area contributed by atoms with Crippen molar-refractivity contribution in [2.75, 3.05) is 13.7 Å². The molecule has 1 atom stereocenters. The highest BCUT2D eigenvalue weighted by molar-refractivity contribution is 9.10. The molecule has 0 bridgehead atoms. The largest absolute Gasteiger partial charge is 0.496 e. The van der Waals surface area contributed by atoms with E-state index in [1.807, 2.05) is 12.1 Å². The Labute approximate surface area is 134 Å². The normalized spacial score (nSPS) is 12.4. The van der Waals surface area contributed by atoms with Gasteiger partial charge in [0, 0.05) is 10.0 Å². The van der Waals surface area contributed by atoms with Crippen LogP contribution in [0.4, 0.5) is 0 Å². The second-order valence-corrected chi connectivity index (χ2v) is 6.00. The van der Waals surface area contributed by atoms with Crippen LogP contribution in [0.5, 0.6) is 5.75 Å². The molecule has 0 aliphatic heterocycles. The van der Waals surface area contributed by atoms with E-state index in [-0.39, 0.29) is 6.04 Å². The van der Waals surface area contributed by atoms with E-state index in [0.717, 1.165) is 40.1 Å². The molecule has 0 saturated heterocycles. The number of aryl methyl sites for hydroxylation is 1.